The Bertz CT molecular complexity index is 629. The van der Waals surface area contributed by atoms with Crippen LogP contribution in [0.2, 0.25) is 0 Å². The fourth-order valence-corrected chi connectivity index (χ4v) is 2.95. The fraction of sp³-hybridized carbons (Fsp3) is 0.200. The number of hydrogen-bond acceptors (Lipinski definition) is 4. The van der Waals surface area contributed by atoms with E-state index in [0.717, 1.165) is 17.9 Å². The first-order chi connectivity index (χ1) is 9.86. The molecule has 0 saturated heterocycles. The third-order valence-corrected chi connectivity index (χ3v) is 4.14. The van der Waals surface area contributed by atoms with Crippen molar-refractivity contribution in [2.24, 2.45) is 0 Å². The lowest BCUT2D eigenvalue weighted by molar-refractivity contribution is 0.763. The lowest BCUT2D eigenvalue weighted by atomic mass is 10.2. The molecule has 5 heteroatoms. The molecule has 1 N–H and O–H groups in total. The Morgan fingerprint density at radius 2 is 2.30 bits per heavy atom. The molecule has 3 aromatic rings. The zero-order valence-corrected chi connectivity index (χ0v) is 12.0. The number of pyridine rings is 1. The van der Waals surface area contributed by atoms with Crippen molar-refractivity contribution in [2.75, 3.05) is 5.32 Å². The number of nitrogens with zero attached hydrogens (tertiary/aromatic N) is 3. The number of imidazole rings is 1. The minimum absolute atomic E-state index is 0.343. The summed E-state index contributed by atoms with van der Waals surface area (Å²) in [6.45, 7) is 2.19. The van der Waals surface area contributed by atoms with Crippen LogP contribution in [0.5, 0.6) is 0 Å². The van der Waals surface area contributed by atoms with Gasteiger partial charge in [-0.25, -0.2) is 9.97 Å². The van der Waals surface area contributed by atoms with Gasteiger partial charge in [0.2, 0.25) is 0 Å². The summed E-state index contributed by atoms with van der Waals surface area (Å²) in [5.41, 5.74) is 1.04. The number of rotatable bonds is 5. The van der Waals surface area contributed by atoms with Gasteiger partial charge in [-0.15, -0.1) is 11.3 Å². The molecule has 0 aliphatic heterocycles. The SMILES string of the molecule is CCC(Nc1ccc(-n2ccnc2)nc1)c1cccs1. The Balaban J connectivity index is 1.75. The van der Waals surface area contributed by atoms with Gasteiger partial charge in [-0.1, -0.05) is 13.0 Å². The highest BCUT2D eigenvalue weighted by atomic mass is 32.1. The molecule has 4 nitrogen and oxygen atoms in total. The largest absolute Gasteiger partial charge is 0.376 e. The van der Waals surface area contributed by atoms with Crippen LogP contribution in [-0.4, -0.2) is 14.5 Å². The van der Waals surface area contributed by atoms with Gasteiger partial charge in [0.25, 0.3) is 0 Å². The van der Waals surface area contributed by atoms with E-state index in [4.69, 9.17) is 0 Å². The van der Waals surface area contributed by atoms with Gasteiger partial charge in [-0.2, -0.15) is 0 Å². The topological polar surface area (TPSA) is 42.7 Å². The third kappa shape index (κ3) is 2.72. The van der Waals surface area contributed by atoms with Crippen LogP contribution in [0.4, 0.5) is 5.69 Å². The number of hydrogen-bond donors (Lipinski definition) is 1. The molecule has 0 amide bonds. The molecule has 3 aromatic heterocycles. The standard InChI is InChI=1S/C15H16N4S/c1-2-13(14-4-3-9-20-14)18-12-5-6-15(17-10-12)19-8-7-16-11-19/h3-11,13,18H,2H2,1H3. The normalized spacial score (nSPS) is 12.2. The van der Waals surface area contributed by atoms with Crippen LogP contribution < -0.4 is 5.32 Å². The highest BCUT2D eigenvalue weighted by Gasteiger charge is 2.10. The predicted molar refractivity (Wildman–Crippen MR) is 82.3 cm³/mol. The second-order valence-electron chi connectivity index (χ2n) is 4.50. The van der Waals surface area contributed by atoms with Crippen molar-refractivity contribution in [1.29, 1.82) is 0 Å². The number of thiophene rings is 1. The summed E-state index contributed by atoms with van der Waals surface area (Å²) in [4.78, 5) is 9.83. The van der Waals surface area contributed by atoms with Crippen LogP contribution in [0.1, 0.15) is 24.3 Å². The van der Waals surface area contributed by atoms with Crippen LogP contribution in [0.3, 0.4) is 0 Å². The van der Waals surface area contributed by atoms with Gasteiger partial charge in [0.15, 0.2) is 0 Å². The Kier molecular flexibility index (Phi) is 3.78. The molecule has 3 rings (SSSR count). The van der Waals surface area contributed by atoms with Crippen molar-refractivity contribution in [1.82, 2.24) is 14.5 Å². The van der Waals surface area contributed by atoms with E-state index in [9.17, 15) is 0 Å². The molecular formula is C15H16N4S. The van der Waals surface area contributed by atoms with Gasteiger partial charge in [0.1, 0.15) is 12.1 Å². The molecular weight excluding hydrogens is 268 g/mol. The number of anilines is 1. The molecule has 0 radical (unpaired) electrons. The van der Waals surface area contributed by atoms with Crippen molar-refractivity contribution in [3.8, 4) is 5.82 Å². The summed E-state index contributed by atoms with van der Waals surface area (Å²) in [5, 5.41) is 5.64. The summed E-state index contributed by atoms with van der Waals surface area (Å²) in [6.07, 6.45) is 8.29. The van der Waals surface area contributed by atoms with E-state index in [2.05, 4.69) is 45.8 Å². The van der Waals surface area contributed by atoms with Gasteiger partial charge >= 0.3 is 0 Å². The minimum atomic E-state index is 0.343. The van der Waals surface area contributed by atoms with Crippen molar-refractivity contribution < 1.29 is 0 Å². The fourth-order valence-electron chi connectivity index (χ4n) is 2.08. The molecule has 0 aliphatic carbocycles. The van der Waals surface area contributed by atoms with Gasteiger partial charge < -0.3 is 5.32 Å². The average molecular weight is 284 g/mol. The summed E-state index contributed by atoms with van der Waals surface area (Å²) < 4.78 is 1.89. The summed E-state index contributed by atoms with van der Waals surface area (Å²) in [5.74, 6) is 0.872. The monoisotopic (exact) mass is 284 g/mol. The van der Waals surface area contributed by atoms with Crippen molar-refractivity contribution in [3.05, 3.63) is 59.4 Å². The van der Waals surface area contributed by atoms with Crippen LogP contribution in [0, 0.1) is 0 Å². The third-order valence-electron chi connectivity index (χ3n) is 3.15. The van der Waals surface area contributed by atoms with Crippen LogP contribution in [0.25, 0.3) is 5.82 Å². The maximum atomic E-state index is 4.45. The smallest absolute Gasteiger partial charge is 0.137 e. The molecule has 20 heavy (non-hydrogen) atoms. The van der Waals surface area contributed by atoms with Gasteiger partial charge in [-0.3, -0.25) is 4.57 Å². The zero-order chi connectivity index (χ0) is 13.8. The van der Waals surface area contributed by atoms with Crippen molar-refractivity contribution in [3.63, 3.8) is 0 Å². The van der Waals surface area contributed by atoms with E-state index in [0.29, 0.717) is 6.04 Å². The molecule has 102 valence electrons. The average Bonchev–Trinajstić information content (AvgIpc) is 3.18. The lowest BCUT2D eigenvalue weighted by Gasteiger charge is -2.16. The maximum absolute atomic E-state index is 4.45. The van der Waals surface area contributed by atoms with Crippen LogP contribution >= 0.6 is 11.3 Å². The van der Waals surface area contributed by atoms with Crippen LogP contribution in [0.15, 0.2) is 54.6 Å². The van der Waals surface area contributed by atoms with E-state index in [-0.39, 0.29) is 0 Å². The summed E-state index contributed by atoms with van der Waals surface area (Å²) in [7, 11) is 0. The molecule has 1 atom stereocenters. The van der Waals surface area contributed by atoms with E-state index in [1.165, 1.54) is 4.88 Å². The van der Waals surface area contributed by atoms with Gasteiger partial charge in [0.05, 0.1) is 17.9 Å². The first-order valence-electron chi connectivity index (χ1n) is 6.61. The Morgan fingerprint density at radius 1 is 1.35 bits per heavy atom. The highest BCUT2D eigenvalue weighted by molar-refractivity contribution is 7.10. The molecule has 3 heterocycles. The molecule has 0 aromatic carbocycles. The predicted octanol–water partition coefficient (Wildman–Crippen LogP) is 3.89. The van der Waals surface area contributed by atoms with E-state index < -0.39 is 0 Å². The first kappa shape index (κ1) is 12.9. The van der Waals surface area contributed by atoms with E-state index in [1.54, 1.807) is 23.9 Å². The Labute approximate surface area is 122 Å². The van der Waals surface area contributed by atoms with Gasteiger partial charge in [-0.05, 0) is 30.0 Å². The molecule has 0 saturated carbocycles. The molecule has 0 fully saturated rings. The minimum Gasteiger partial charge on any atom is -0.376 e. The van der Waals surface area contributed by atoms with Gasteiger partial charge in [0, 0.05) is 17.3 Å². The zero-order valence-electron chi connectivity index (χ0n) is 11.2. The van der Waals surface area contributed by atoms with E-state index >= 15 is 0 Å². The quantitative estimate of drug-likeness (QED) is 0.773. The summed E-state index contributed by atoms with van der Waals surface area (Å²) >= 11 is 1.78. The van der Waals surface area contributed by atoms with Crippen molar-refractivity contribution >= 4 is 17.0 Å². The van der Waals surface area contributed by atoms with Crippen LogP contribution in [-0.2, 0) is 0 Å². The molecule has 0 bridgehead atoms. The summed E-state index contributed by atoms with van der Waals surface area (Å²) in [6, 6.07) is 8.64. The molecule has 0 spiro atoms. The Morgan fingerprint density at radius 3 is 2.90 bits per heavy atom. The highest BCUT2D eigenvalue weighted by Crippen LogP contribution is 2.26. The molecule has 1 unspecified atom stereocenters. The number of nitrogens with one attached hydrogen (secondary N) is 1. The van der Waals surface area contributed by atoms with Crippen molar-refractivity contribution in [2.45, 2.75) is 19.4 Å². The second kappa shape index (κ2) is 5.88. The molecule has 0 aliphatic rings. The van der Waals surface area contributed by atoms with E-state index in [1.807, 2.05) is 23.0 Å². The lowest BCUT2D eigenvalue weighted by Crippen LogP contribution is -2.08. The Hall–Kier alpha value is -2.14. The maximum Gasteiger partial charge on any atom is 0.137 e. The second-order valence-corrected chi connectivity index (χ2v) is 5.47. The first-order valence-corrected chi connectivity index (χ1v) is 7.49. The number of aromatic nitrogens is 3.